The van der Waals surface area contributed by atoms with Crippen molar-refractivity contribution in [1.82, 2.24) is 20.7 Å². The summed E-state index contributed by atoms with van der Waals surface area (Å²) in [5.41, 5.74) is 2.23. The first-order chi connectivity index (χ1) is 8.29. The molecule has 1 unspecified atom stereocenters. The molecule has 0 saturated heterocycles. The molecule has 1 aromatic carbocycles. The van der Waals surface area contributed by atoms with Gasteiger partial charge in [-0.15, -0.1) is 0 Å². The van der Waals surface area contributed by atoms with Gasteiger partial charge in [0.25, 0.3) is 0 Å². The molecule has 1 heterocycles. The van der Waals surface area contributed by atoms with Gasteiger partial charge < -0.3 is 5.32 Å². The van der Waals surface area contributed by atoms with E-state index in [4.69, 9.17) is 0 Å². The van der Waals surface area contributed by atoms with Crippen LogP contribution in [0.2, 0.25) is 0 Å². The number of benzene rings is 1. The third kappa shape index (κ3) is 3.38. The van der Waals surface area contributed by atoms with Crippen LogP contribution in [0.4, 0.5) is 0 Å². The van der Waals surface area contributed by atoms with E-state index < -0.39 is 0 Å². The minimum Gasteiger partial charge on any atom is -0.309 e. The first kappa shape index (κ1) is 12.3. The average molecular weight is 295 g/mol. The van der Waals surface area contributed by atoms with E-state index in [1.807, 2.05) is 0 Å². The topological polar surface area (TPSA) is 53.6 Å². The van der Waals surface area contributed by atoms with E-state index in [-0.39, 0.29) is 6.04 Å². The van der Waals surface area contributed by atoms with Gasteiger partial charge in [-0.05, 0) is 30.7 Å². The van der Waals surface area contributed by atoms with Gasteiger partial charge in [0.15, 0.2) is 0 Å². The molecule has 0 fully saturated rings. The Bertz CT molecular complexity index is 438. The summed E-state index contributed by atoms with van der Waals surface area (Å²) in [7, 11) is 0. The monoisotopic (exact) mass is 294 g/mol. The Morgan fingerprint density at radius 2 is 2.12 bits per heavy atom. The van der Waals surface area contributed by atoms with E-state index in [0.717, 1.165) is 23.1 Å². The highest BCUT2D eigenvalue weighted by molar-refractivity contribution is 9.10. The number of nitrogens with one attached hydrogen (secondary N) is 2. The molecule has 0 bridgehead atoms. The van der Waals surface area contributed by atoms with Gasteiger partial charge in [-0.2, -0.15) is 15.4 Å². The largest absolute Gasteiger partial charge is 0.309 e. The summed E-state index contributed by atoms with van der Waals surface area (Å²) in [6, 6.07) is 8.56. The molecule has 2 aromatic rings. The Morgan fingerprint density at radius 1 is 1.35 bits per heavy atom. The van der Waals surface area contributed by atoms with Crippen LogP contribution in [-0.2, 0) is 6.42 Å². The lowest BCUT2D eigenvalue weighted by molar-refractivity contribution is 0.535. The molecule has 0 aliphatic carbocycles. The van der Waals surface area contributed by atoms with Crippen molar-refractivity contribution in [3.63, 3.8) is 0 Å². The van der Waals surface area contributed by atoms with Crippen molar-refractivity contribution in [2.75, 3.05) is 6.54 Å². The van der Waals surface area contributed by atoms with Gasteiger partial charge in [-0.3, -0.25) is 0 Å². The van der Waals surface area contributed by atoms with Crippen molar-refractivity contribution in [3.8, 4) is 0 Å². The predicted molar refractivity (Wildman–Crippen MR) is 70.6 cm³/mol. The minimum absolute atomic E-state index is 0.208. The number of hydrogen-bond acceptors (Lipinski definition) is 3. The number of hydrogen-bond donors (Lipinski definition) is 2. The second-order valence-electron chi connectivity index (χ2n) is 3.84. The smallest absolute Gasteiger partial charge is 0.0997 e. The van der Waals surface area contributed by atoms with Crippen LogP contribution in [0.5, 0.6) is 0 Å². The predicted octanol–water partition coefficient (Wildman–Crippen LogP) is 2.46. The fraction of sp³-hybridized carbons (Fsp3) is 0.333. The van der Waals surface area contributed by atoms with Crippen molar-refractivity contribution in [3.05, 3.63) is 46.2 Å². The van der Waals surface area contributed by atoms with Crippen LogP contribution >= 0.6 is 15.9 Å². The maximum absolute atomic E-state index is 4.14. The van der Waals surface area contributed by atoms with Crippen molar-refractivity contribution in [2.24, 2.45) is 0 Å². The zero-order chi connectivity index (χ0) is 12.1. The molecule has 5 heteroatoms. The number of H-pyrrole nitrogens is 1. The van der Waals surface area contributed by atoms with Crippen molar-refractivity contribution in [1.29, 1.82) is 0 Å². The Hall–Kier alpha value is -1.20. The van der Waals surface area contributed by atoms with Crippen LogP contribution in [0.15, 0.2) is 34.9 Å². The molecule has 0 aliphatic heterocycles. The summed E-state index contributed by atoms with van der Waals surface area (Å²) in [4.78, 5) is 0. The Labute approximate surface area is 109 Å². The lowest BCUT2D eigenvalue weighted by atomic mass is 10.0. The second-order valence-corrected chi connectivity index (χ2v) is 4.75. The van der Waals surface area contributed by atoms with Gasteiger partial charge in [-0.1, -0.05) is 35.0 Å². The summed E-state index contributed by atoms with van der Waals surface area (Å²) in [5, 5.41) is 14.1. The Balaban J connectivity index is 2.10. The first-order valence-corrected chi connectivity index (χ1v) is 6.42. The Kier molecular flexibility index (Phi) is 4.28. The van der Waals surface area contributed by atoms with Gasteiger partial charge in [0.2, 0.25) is 0 Å². The zero-order valence-corrected chi connectivity index (χ0v) is 11.2. The van der Waals surface area contributed by atoms with Crippen molar-refractivity contribution in [2.45, 2.75) is 19.4 Å². The number of rotatable bonds is 5. The number of likely N-dealkylation sites (N-methyl/N-ethyl adjacent to an activating group) is 1. The molecule has 4 nitrogen and oxygen atoms in total. The van der Waals surface area contributed by atoms with Crippen LogP contribution in [0.3, 0.4) is 0 Å². The lowest BCUT2D eigenvalue weighted by Crippen LogP contribution is -2.23. The number of halogens is 1. The molecular formula is C12H15BrN4. The highest BCUT2D eigenvalue weighted by Crippen LogP contribution is 2.17. The first-order valence-electron chi connectivity index (χ1n) is 5.63. The fourth-order valence-electron chi connectivity index (χ4n) is 1.76. The number of nitrogens with zero attached hydrogens (tertiary/aromatic N) is 2. The van der Waals surface area contributed by atoms with Gasteiger partial charge in [0, 0.05) is 4.47 Å². The standard InChI is InChI=1S/C12H15BrN4/c1-2-14-11(12-8-15-17-16-12)7-9-3-5-10(13)6-4-9/h3-6,8,11,14H,2,7H2,1H3,(H,15,16,17). The van der Waals surface area contributed by atoms with Crippen LogP contribution in [0.1, 0.15) is 24.2 Å². The maximum Gasteiger partial charge on any atom is 0.0997 e. The molecule has 0 amide bonds. The van der Waals surface area contributed by atoms with Gasteiger partial charge in [-0.25, -0.2) is 0 Å². The third-order valence-corrected chi connectivity index (χ3v) is 3.12. The van der Waals surface area contributed by atoms with E-state index >= 15 is 0 Å². The van der Waals surface area contributed by atoms with E-state index in [2.05, 4.69) is 67.8 Å². The van der Waals surface area contributed by atoms with E-state index in [0.29, 0.717) is 0 Å². The van der Waals surface area contributed by atoms with Gasteiger partial charge >= 0.3 is 0 Å². The van der Waals surface area contributed by atoms with Crippen LogP contribution in [0.25, 0.3) is 0 Å². The van der Waals surface area contributed by atoms with Crippen LogP contribution in [0, 0.1) is 0 Å². The second kappa shape index (κ2) is 5.93. The van der Waals surface area contributed by atoms with Gasteiger partial charge in [0.1, 0.15) is 0 Å². The lowest BCUT2D eigenvalue weighted by Gasteiger charge is -2.15. The normalized spacial score (nSPS) is 12.6. The summed E-state index contributed by atoms with van der Waals surface area (Å²) in [6.07, 6.45) is 2.68. The molecule has 17 heavy (non-hydrogen) atoms. The summed E-state index contributed by atoms with van der Waals surface area (Å²) < 4.78 is 1.10. The molecule has 2 N–H and O–H groups in total. The summed E-state index contributed by atoms with van der Waals surface area (Å²) in [5.74, 6) is 0. The molecular weight excluding hydrogens is 280 g/mol. The van der Waals surface area contributed by atoms with Crippen molar-refractivity contribution < 1.29 is 0 Å². The Morgan fingerprint density at radius 3 is 2.71 bits per heavy atom. The minimum atomic E-state index is 0.208. The highest BCUT2D eigenvalue weighted by atomic mass is 79.9. The molecule has 1 atom stereocenters. The van der Waals surface area contributed by atoms with Crippen molar-refractivity contribution >= 4 is 15.9 Å². The quantitative estimate of drug-likeness (QED) is 0.891. The van der Waals surface area contributed by atoms with Gasteiger partial charge in [0.05, 0.1) is 17.9 Å². The molecule has 2 rings (SSSR count). The molecule has 1 aromatic heterocycles. The number of aromatic nitrogens is 3. The van der Waals surface area contributed by atoms with Crippen LogP contribution in [-0.4, -0.2) is 22.0 Å². The van der Waals surface area contributed by atoms with E-state index in [1.54, 1.807) is 6.20 Å². The van der Waals surface area contributed by atoms with Crippen LogP contribution < -0.4 is 5.32 Å². The maximum atomic E-state index is 4.14. The molecule has 0 saturated carbocycles. The zero-order valence-electron chi connectivity index (χ0n) is 9.65. The molecule has 0 aliphatic rings. The molecule has 90 valence electrons. The number of aromatic amines is 1. The summed E-state index contributed by atoms with van der Waals surface area (Å²) >= 11 is 3.44. The van der Waals surface area contributed by atoms with E-state index in [9.17, 15) is 0 Å². The SMILES string of the molecule is CCNC(Cc1ccc(Br)cc1)c1cn[nH]n1. The molecule has 0 radical (unpaired) electrons. The third-order valence-electron chi connectivity index (χ3n) is 2.59. The highest BCUT2D eigenvalue weighted by Gasteiger charge is 2.13. The molecule has 0 spiro atoms. The summed E-state index contributed by atoms with van der Waals surface area (Å²) in [6.45, 7) is 3.00. The average Bonchev–Trinajstić information content (AvgIpc) is 2.85. The fourth-order valence-corrected chi connectivity index (χ4v) is 2.03. The van der Waals surface area contributed by atoms with E-state index in [1.165, 1.54) is 5.56 Å².